The molecule has 1 N–H and O–H groups in total. The normalized spacial score (nSPS) is 13.2. The second-order valence-electron chi connectivity index (χ2n) is 8.84. The molecule has 10 nitrogen and oxygen atoms in total. The SMILES string of the molecule is CCCCOc1ccc2cc(C(=O)NCCCCCCn3cc(CSC4=NC(=O)CS4)nn3)c(=O)oc2c1. The zero-order valence-corrected chi connectivity index (χ0v) is 22.9. The lowest BCUT2D eigenvalue weighted by Gasteiger charge is -2.07. The average Bonchev–Trinajstić information content (AvgIpc) is 3.54. The number of aromatic nitrogens is 3. The maximum absolute atomic E-state index is 12.5. The van der Waals surface area contributed by atoms with E-state index in [1.807, 2.05) is 16.9 Å². The van der Waals surface area contributed by atoms with Gasteiger partial charge < -0.3 is 14.5 Å². The maximum atomic E-state index is 12.5. The van der Waals surface area contributed by atoms with Crippen LogP contribution in [0.15, 0.2) is 44.7 Å². The third-order valence-corrected chi connectivity index (χ3v) is 8.00. The van der Waals surface area contributed by atoms with Gasteiger partial charge in [-0.25, -0.2) is 4.79 Å². The molecule has 0 bridgehead atoms. The highest BCUT2D eigenvalue weighted by Crippen LogP contribution is 2.25. The molecule has 0 saturated heterocycles. The van der Waals surface area contributed by atoms with E-state index in [4.69, 9.17) is 9.15 Å². The summed E-state index contributed by atoms with van der Waals surface area (Å²) in [5, 5.41) is 11.8. The van der Waals surface area contributed by atoms with E-state index in [0.717, 1.165) is 55.1 Å². The first kappa shape index (κ1) is 27.9. The molecule has 202 valence electrons. The van der Waals surface area contributed by atoms with E-state index in [1.165, 1.54) is 23.5 Å². The molecule has 4 rings (SSSR count). The van der Waals surface area contributed by atoms with Crippen LogP contribution in [-0.2, 0) is 17.1 Å². The van der Waals surface area contributed by atoms with Crippen molar-refractivity contribution >= 4 is 50.7 Å². The van der Waals surface area contributed by atoms with Crippen molar-refractivity contribution in [1.82, 2.24) is 20.3 Å². The first-order valence-electron chi connectivity index (χ1n) is 12.8. The highest BCUT2D eigenvalue weighted by Gasteiger charge is 2.16. The van der Waals surface area contributed by atoms with Crippen molar-refractivity contribution in [2.45, 2.75) is 57.7 Å². The fourth-order valence-electron chi connectivity index (χ4n) is 3.74. The van der Waals surface area contributed by atoms with Gasteiger partial charge in [-0.1, -0.05) is 54.9 Å². The number of rotatable bonds is 14. The summed E-state index contributed by atoms with van der Waals surface area (Å²) in [6.07, 6.45) is 7.58. The van der Waals surface area contributed by atoms with Gasteiger partial charge in [-0.2, -0.15) is 4.99 Å². The van der Waals surface area contributed by atoms with Crippen molar-refractivity contribution in [2.75, 3.05) is 18.9 Å². The number of aryl methyl sites for hydroxylation is 1. The van der Waals surface area contributed by atoms with Gasteiger partial charge in [-0.15, -0.1) is 5.10 Å². The number of unbranched alkanes of at least 4 members (excludes halogenated alkanes) is 4. The van der Waals surface area contributed by atoms with Crippen LogP contribution in [0.25, 0.3) is 11.0 Å². The fraction of sp³-hybridized carbons (Fsp3) is 0.462. The standard InChI is InChI=1S/C26H31N5O5S2/c1-2-3-12-35-20-9-8-18-13-21(25(34)36-22(18)14-20)24(33)27-10-6-4-5-7-11-31-15-19(29-30-31)16-37-26-28-23(32)17-38-26/h8-9,13-15H,2-7,10-12,16-17H2,1H3,(H,27,33). The molecule has 0 unspecified atom stereocenters. The number of hydrogen-bond acceptors (Lipinski definition) is 9. The van der Waals surface area contributed by atoms with Gasteiger partial charge in [-0.05, 0) is 37.5 Å². The van der Waals surface area contributed by atoms with Gasteiger partial charge in [0, 0.05) is 36.5 Å². The van der Waals surface area contributed by atoms with Crippen LogP contribution in [0, 0.1) is 0 Å². The number of thioether (sulfide) groups is 2. The first-order chi connectivity index (χ1) is 18.5. The summed E-state index contributed by atoms with van der Waals surface area (Å²) < 4.78 is 13.7. The van der Waals surface area contributed by atoms with Gasteiger partial charge in [0.05, 0.1) is 18.1 Å². The van der Waals surface area contributed by atoms with Crippen molar-refractivity contribution < 1.29 is 18.7 Å². The Labute approximate surface area is 229 Å². The number of amides is 2. The van der Waals surface area contributed by atoms with E-state index >= 15 is 0 Å². The van der Waals surface area contributed by atoms with E-state index in [1.54, 1.807) is 18.2 Å². The van der Waals surface area contributed by atoms with Gasteiger partial charge in [0.25, 0.3) is 11.8 Å². The number of aliphatic imine (C=N–C) groups is 1. The Morgan fingerprint density at radius 2 is 2.05 bits per heavy atom. The molecule has 0 atom stereocenters. The minimum absolute atomic E-state index is 0.00231. The van der Waals surface area contributed by atoms with Crippen molar-refractivity contribution in [3.8, 4) is 5.75 Å². The summed E-state index contributed by atoms with van der Waals surface area (Å²) in [5.41, 5.74) is 0.606. The van der Waals surface area contributed by atoms with E-state index < -0.39 is 11.5 Å². The Bertz CT molecular complexity index is 1350. The summed E-state index contributed by atoms with van der Waals surface area (Å²) in [4.78, 5) is 40.0. The maximum Gasteiger partial charge on any atom is 0.349 e. The summed E-state index contributed by atoms with van der Waals surface area (Å²) in [6.45, 7) is 3.94. The van der Waals surface area contributed by atoms with Crippen LogP contribution in [0.5, 0.6) is 5.75 Å². The molecule has 1 aliphatic heterocycles. The molecule has 38 heavy (non-hydrogen) atoms. The van der Waals surface area contributed by atoms with Gasteiger partial charge >= 0.3 is 5.63 Å². The van der Waals surface area contributed by atoms with Crippen molar-refractivity contribution in [3.63, 3.8) is 0 Å². The number of benzene rings is 1. The Morgan fingerprint density at radius 1 is 1.18 bits per heavy atom. The summed E-state index contributed by atoms with van der Waals surface area (Å²) in [7, 11) is 0. The van der Waals surface area contributed by atoms with Crippen LogP contribution in [0.3, 0.4) is 0 Å². The predicted molar refractivity (Wildman–Crippen MR) is 150 cm³/mol. The smallest absolute Gasteiger partial charge is 0.349 e. The Kier molecular flexibility index (Phi) is 10.4. The molecule has 12 heteroatoms. The molecule has 1 aromatic carbocycles. The summed E-state index contributed by atoms with van der Waals surface area (Å²) >= 11 is 2.97. The minimum atomic E-state index is -0.658. The van der Waals surface area contributed by atoms with Crippen LogP contribution in [-0.4, -0.2) is 50.1 Å². The molecular weight excluding hydrogens is 526 g/mol. The molecule has 2 amide bonds. The number of carbonyl (C=O) groups excluding carboxylic acids is 2. The van der Waals surface area contributed by atoms with Gasteiger partial charge in [0.1, 0.15) is 21.3 Å². The molecule has 3 heterocycles. The predicted octanol–water partition coefficient (Wildman–Crippen LogP) is 4.42. The van der Waals surface area contributed by atoms with Crippen molar-refractivity contribution in [3.05, 3.63) is 52.1 Å². The van der Waals surface area contributed by atoms with Crippen molar-refractivity contribution in [2.24, 2.45) is 4.99 Å². The molecule has 3 aromatic rings. The zero-order chi connectivity index (χ0) is 26.7. The van der Waals surface area contributed by atoms with Crippen LogP contribution in [0.1, 0.15) is 61.5 Å². The number of ether oxygens (including phenoxy) is 1. The lowest BCUT2D eigenvalue weighted by atomic mass is 10.1. The van der Waals surface area contributed by atoms with E-state index in [-0.39, 0.29) is 11.5 Å². The summed E-state index contributed by atoms with van der Waals surface area (Å²) in [5.74, 6) is 1.20. The van der Waals surface area contributed by atoms with Gasteiger partial charge in [0.15, 0.2) is 0 Å². The number of nitrogens with zero attached hydrogens (tertiary/aromatic N) is 4. The topological polar surface area (TPSA) is 129 Å². The molecule has 2 aromatic heterocycles. The summed E-state index contributed by atoms with van der Waals surface area (Å²) in [6, 6.07) is 6.85. The van der Waals surface area contributed by atoms with E-state index in [2.05, 4.69) is 27.5 Å². The Balaban J connectivity index is 1.13. The van der Waals surface area contributed by atoms with Crippen LogP contribution < -0.4 is 15.7 Å². The van der Waals surface area contributed by atoms with Gasteiger partial charge in [-0.3, -0.25) is 14.3 Å². The van der Waals surface area contributed by atoms with Crippen LogP contribution in [0.4, 0.5) is 0 Å². The Morgan fingerprint density at radius 3 is 2.87 bits per heavy atom. The van der Waals surface area contributed by atoms with E-state index in [9.17, 15) is 14.4 Å². The zero-order valence-electron chi connectivity index (χ0n) is 21.3. The second kappa shape index (κ2) is 14.1. The van der Waals surface area contributed by atoms with Gasteiger partial charge in [0.2, 0.25) is 0 Å². The number of carbonyl (C=O) groups is 2. The lowest BCUT2D eigenvalue weighted by Crippen LogP contribution is -2.29. The average molecular weight is 558 g/mol. The number of nitrogens with one attached hydrogen (secondary N) is 1. The molecule has 0 spiro atoms. The van der Waals surface area contributed by atoms with E-state index in [0.29, 0.717) is 41.4 Å². The molecule has 1 aliphatic rings. The monoisotopic (exact) mass is 557 g/mol. The highest BCUT2D eigenvalue weighted by molar-refractivity contribution is 8.39. The second-order valence-corrected chi connectivity index (χ2v) is 11.0. The third-order valence-electron chi connectivity index (χ3n) is 5.78. The Hall–Kier alpha value is -3.12. The molecular formula is C26H31N5O5S2. The molecule has 0 aliphatic carbocycles. The number of hydrogen-bond donors (Lipinski definition) is 1. The molecule has 0 fully saturated rings. The number of fused-ring (bicyclic) bond motifs is 1. The molecule has 0 radical (unpaired) electrons. The van der Waals surface area contributed by atoms with Crippen LogP contribution in [0.2, 0.25) is 0 Å². The molecule has 0 saturated carbocycles. The quantitative estimate of drug-likeness (QED) is 0.226. The fourth-order valence-corrected chi connectivity index (χ4v) is 5.47. The first-order valence-corrected chi connectivity index (χ1v) is 14.7. The minimum Gasteiger partial charge on any atom is -0.493 e. The highest BCUT2D eigenvalue weighted by atomic mass is 32.2. The third kappa shape index (κ3) is 8.19. The lowest BCUT2D eigenvalue weighted by molar-refractivity contribution is -0.115. The van der Waals surface area contributed by atoms with Crippen molar-refractivity contribution in [1.29, 1.82) is 0 Å². The van der Waals surface area contributed by atoms with Crippen LogP contribution >= 0.6 is 23.5 Å². The largest absolute Gasteiger partial charge is 0.493 e.